The molecule has 0 aliphatic rings. The molecule has 3 rings (SSSR count). The minimum Gasteiger partial charge on any atom is -0.497 e. The Morgan fingerprint density at radius 3 is 2.68 bits per heavy atom. The number of hydrogen-bond acceptors (Lipinski definition) is 4. The van der Waals surface area contributed by atoms with E-state index in [4.69, 9.17) is 10.00 Å². The number of benzene rings is 2. The van der Waals surface area contributed by atoms with Gasteiger partial charge in [-0.25, -0.2) is 4.68 Å². The molecule has 28 heavy (non-hydrogen) atoms. The van der Waals surface area contributed by atoms with Crippen molar-refractivity contribution in [3.8, 4) is 28.8 Å². The van der Waals surface area contributed by atoms with Gasteiger partial charge in [0.1, 0.15) is 11.4 Å². The highest BCUT2D eigenvalue weighted by Crippen LogP contribution is 2.27. The van der Waals surface area contributed by atoms with Crippen molar-refractivity contribution in [1.29, 1.82) is 5.26 Å². The lowest BCUT2D eigenvalue weighted by Gasteiger charge is -2.15. The molecule has 2 aromatic carbocycles. The SMILES string of the molecule is COc1cccc(-c2nn(-c3ccc(C)cc3)cc2C(=O)N(C)CCC#N)c1. The van der Waals surface area contributed by atoms with Crippen molar-refractivity contribution in [2.45, 2.75) is 13.3 Å². The smallest absolute Gasteiger partial charge is 0.257 e. The van der Waals surface area contributed by atoms with E-state index >= 15 is 0 Å². The number of carbonyl (C=O) groups excluding carboxylic acids is 1. The predicted molar refractivity (Wildman–Crippen MR) is 107 cm³/mol. The van der Waals surface area contributed by atoms with Gasteiger partial charge in [-0.3, -0.25) is 4.79 Å². The van der Waals surface area contributed by atoms with Crippen molar-refractivity contribution in [2.75, 3.05) is 20.7 Å². The average molecular weight is 374 g/mol. The molecular weight excluding hydrogens is 352 g/mol. The summed E-state index contributed by atoms with van der Waals surface area (Å²) in [6.45, 7) is 2.39. The number of ether oxygens (including phenoxy) is 1. The molecule has 0 radical (unpaired) electrons. The molecule has 1 heterocycles. The number of nitriles is 1. The summed E-state index contributed by atoms with van der Waals surface area (Å²) in [5.74, 6) is 0.519. The largest absolute Gasteiger partial charge is 0.497 e. The molecular formula is C22H22N4O2. The van der Waals surface area contributed by atoms with Gasteiger partial charge in [0.25, 0.3) is 5.91 Å². The molecule has 0 atom stereocenters. The van der Waals surface area contributed by atoms with Gasteiger partial charge in [0.2, 0.25) is 0 Å². The zero-order chi connectivity index (χ0) is 20.1. The Balaban J connectivity index is 2.08. The normalized spacial score (nSPS) is 10.4. The molecule has 0 spiro atoms. The van der Waals surface area contributed by atoms with Gasteiger partial charge in [-0.15, -0.1) is 0 Å². The van der Waals surface area contributed by atoms with Crippen LogP contribution in [0.3, 0.4) is 0 Å². The van der Waals surface area contributed by atoms with Gasteiger partial charge in [0, 0.05) is 25.4 Å². The van der Waals surface area contributed by atoms with Crippen LogP contribution in [-0.2, 0) is 0 Å². The summed E-state index contributed by atoms with van der Waals surface area (Å²) in [5.41, 5.74) is 3.87. The first kappa shape index (κ1) is 19.2. The molecule has 1 amide bonds. The van der Waals surface area contributed by atoms with E-state index in [1.165, 1.54) is 0 Å². The molecule has 0 fully saturated rings. The Kier molecular flexibility index (Phi) is 5.75. The lowest BCUT2D eigenvalue weighted by Crippen LogP contribution is -2.27. The maximum Gasteiger partial charge on any atom is 0.257 e. The Morgan fingerprint density at radius 1 is 1.25 bits per heavy atom. The van der Waals surface area contributed by atoms with E-state index in [1.54, 1.807) is 29.9 Å². The second-order valence-electron chi connectivity index (χ2n) is 6.54. The fourth-order valence-electron chi connectivity index (χ4n) is 2.87. The minimum absolute atomic E-state index is 0.175. The van der Waals surface area contributed by atoms with Crippen molar-refractivity contribution in [3.05, 3.63) is 65.9 Å². The number of aromatic nitrogens is 2. The zero-order valence-corrected chi connectivity index (χ0v) is 16.2. The average Bonchev–Trinajstić information content (AvgIpc) is 3.17. The Labute approximate surface area is 164 Å². The second-order valence-corrected chi connectivity index (χ2v) is 6.54. The summed E-state index contributed by atoms with van der Waals surface area (Å²) in [6, 6.07) is 17.5. The van der Waals surface area contributed by atoms with Crippen LogP contribution >= 0.6 is 0 Å². The van der Waals surface area contributed by atoms with Crippen LogP contribution < -0.4 is 4.74 Å². The van der Waals surface area contributed by atoms with Crippen molar-refractivity contribution in [1.82, 2.24) is 14.7 Å². The third-order valence-corrected chi connectivity index (χ3v) is 4.49. The summed E-state index contributed by atoms with van der Waals surface area (Å²) >= 11 is 0. The van der Waals surface area contributed by atoms with Crippen LogP contribution in [0.4, 0.5) is 0 Å². The van der Waals surface area contributed by atoms with Gasteiger partial charge >= 0.3 is 0 Å². The summed E-state index contributed by atoms with van der Waals surface area (Å²) in [4.78, 5) is 14.6. The second kappa shape index (κ2) is 8.40. The number of amides is 1. The number of rotatable bonds is 6. The molecule has 6 nitrogen and oxygen atoms in total. The molecule has 1 aromatic heterocycles. The van der Waals surface area contributed by atoms with E-state index in [9.17, 15) is 4.79 Å². The molecule has 0 unspecified atom stereocenters. The van der Waals surface area contributed by atoms with E-state index in [2.05, 4.69) is 11.2 Å². The molecule has 0 saturated carbocycles. The highest BCUT2D eigenvalue weighted by Gasteiger charge is 2.21. The topological polar surface area (TPSA) is 71.2 Å². The maximum absolute atomic E-state index is 13.0. The standard InChI is InChI=1S/C22H22N4O2/c1-16-8-10-18(11-9-16)26-15-20(22(27)25(2)13-5-12-23)21(24-26)17-6-4-7-19(14-17)28-3/h4,6-11,14-15H,5,13H2,1-3H3. The number of methoxy groups -OCH3 is 1. The first-order valence-corrected chi connectivity index (χ1v) is 8.97. The first-order valence-electron chi connectivity index (χ1n) is 8.97. The molecule has 0 aliphatic carbocycles. The molecule has 3 aromatic rings. The van der Waals surface area contributed by atoms with E-state index in [-0.39, 0.29) is 12.3 Å². The van der Waals surface area contributed by atoms with Crippen molar-refractivity contribution in [2.24, 2.45) is 0 Å². The van der Waals surface area contributed by atoms with E-state index in [1.807, 2.05) is 55.5 Å². The number of carbonyl (C=O) groups is 1. The van der Waals surface area contributed by atoms with Gasteiger partial charge in [-0.1, -0.05) is 29.8 Å². The summed E-state index contributed by atoms with van der Waals surface area (Å²) in [5, 5.41) is 13.5. The monoisotopic (exact) mass is 374 g/mol. The lowest BCUT2D eigenvalue weighted by molar-refractivity contribution is 0.0798. The summed E-state index contributed by atoms with van der Waals surface area (Å²) in [6.07, 6.45) is 2.02. The van der Waals surface area contributed by atoms with Crippen LogP contribution in [0.5, 0.6) is 5.75 Å². The fourth-order valence-corrected chi connectivity index (χ4v) is 2.87. The number of hydrogen-bond donors (Lipinski definition) is 0. The minimum atomic E-state index is -0.175. The van der Waals surface area contributed by atoms with Crippen molar-refractivity contribution < 1.29 is 9.53 Å². The van der Waals surface area contributed by atoms with Crippen LogP contribution in [0.25, 0.3) is 16.9 Å². The van der Waals surface area contributed by atoms with E-state index in [0.717, 1.165) is 16.8 Å². The molecule has 0 N–H and O–H groups in total. The Morgan fingerprint density at radius 2 is 2.00 bits per heavy atom. The first-order chi connectivity index (χ1) is 13.5. The highest BCUT2D eigenvalue weighted by atomic mass is 16.5. The Hall–Kier alpha value is -3.59. The third kappa shape index (κ3) is 4.04. The fraction of sp³-hybridized carbons (Fsp3) is 0.227. The van der Waals surface area contributed by atoms with Crippen LogP contribution in [0.2, 0.25) is 0 Å². The summed E-state index contributed by atoms with van der Waals surface area (Å²) in [7, 11) is 3.30. The van der Waals surface area contributed by atoms with E-state index in [0.29, 0.717) is 23.6 Å². The van der Waals surface area contributed by atoms with Crippen molar-refractivity contribution >= 4 is 5.91 Å². The van der Waals surface area contributed by atoms with Crippen LogP contribution in [-0.4, -0.2) is 41.3 Å². The predicted octanol–water partition coefficient (Wildman–Crippen LogP) is 3.84. The molecule has 0 saturated heterocycles. The lowest BCUT2D eigenvalue weighted by atomic mass is 10.1. The van der Waals surface area contributed by atoms with Gasteiger partial charge < -0.3 is 9.64 Å². The van der Waals surface area contributed by atoms with E-state index < -0.39 is 0 Å². The number of aryl methyl sites for hydroxylation is 1. The third-order valence-electron chi connectivity index (χ3n) is 4.49. The van der Waals surface area contributed by atoms with Crippen molar-refractivity contribution in [3.63, 3.8) is 0 Å². The number of nitrogens with zero attached hydrogens (tertiary/aromatic N) is 4. The van der Waals surface area contributed by atoms with Crippen LogP contribution in [0.15, 0.2) is 54.7 Å². The quantitative estimate of drug-likeness (QED) is 0.657. The Bertz CT molecular complexity index is 1020. The molecule has 0 aliphatic heterocycles. The van der Waals surface area contributed by atoms with Gasteiger partial charge in [-0.2, -0.15) is 10.4 Å². The molecule has 142 valence electrons. The molecule has 0 bridgehead atoms. The van der Waals surface area contributed by atoms with Gasteiger partial charge in [0.05, 0.1) is 30.9 Å². The van der Waals surface area contributed by atoms with Crippen LogP contribution in [0.1, 0.15) is 22.3 Å². The zero-order valence-electron chi connectivity index (χ0n) is 16.2. The molecule has 6 heteroatoms. The van der Waals surface area contributed by atoms with Crippen LogP contribution in [0, 0.1) is 18.3 Å². The van der Waals surface area contributed by atoms with Gasteiger partial charge in [0.15, 0.2) is 0 Å². The summed E-state index contributed by atoms with van der Waals surface area (Å²) < 4.78 is 7.02. The maximum atomic E-state index is 13.0. The highest BCUT2D eigenvalue weighted by molar-refractivity contribution is 5.99. The van der Waals surface area contributed by atoms with Gasteiger partial charge in [-0.05, 0) is 31.2 Å².